The second kappa shape index (κ2) is 12.9. The maximum atomic E-state index is 13.5. The Morgan fingerprint density at radius 3 is 2.54 bits per heavy atom. The fourth-order valence-electron chi connectivity index (χ4n) is 5.50. The molecule has 1 atom stereocenters. The van der Waals surface area contributed by atoms with E-state index in [1.165, 1.54) is 55.7 Å². The van der Waals surface area contributed by atoms with Gasteiger partial charge in [-0.25, -0.2) is 0 Å². The van der Waals surface area contributed by atoms with Crippen LogP contribution in [0, 0.1) is 6.92 Å². The number of hydrogen-bond donors (Lipinski definition) is 1. The highest BCUT2D eigenvalue weighted by molar-refractivity contribution is 8.00. The first kappa shape index (κ1) is 29.9. The first-order valence-corrected chi connectivity index (χ1v) is 17.2. The Balaban J connectivity index is 1.14. The SMILES string of the molecule is Cc1cccc(COc2ccc(C(O)=C3C(=O)C(=O)N(c4nnc(SCc5cccc6ccccc56)s4)C3c3cccs3)cc2)c1. The van der Waals surface area contributed by atoms with Crippen LogP contribution in [-0.4, -0.2) is 27.0 Å². The van der Waals surface area contributed by atoms with Crippen molar-refractivity contribution in [2.24, 2.45) is 0 Å². The number of carbonyl (C=O) groups excluding carboxylic acids is 2. The summed E-state index contributed by atoms with van der Waals surface area (Å²) < 4.78 is 6.61. The number of ketones is 1. The number of carbonyl (C=O) groups is 2. The van der Waals surface area contributed by atoms with Gasteiger partial charge in [0.1, 0.15) is 24.2 Å². The number of nitrogens with zero attached hydrogens (tertiary/aromatic N) is 3. The number of thioether (sulfide) groups is 1. The average Bonchev–Trinajstić information content (AvgIpc) is 3.83. The molecule has 0 radical (unpaired) electrons. The van der Waals surface area contributed by atoms with Crippen LogP contribution in [0.15, 0.2) is 118 Å². The largest absolute Gasteiger partial charge is 0.507 e. The minimum atomic E-state index is -0.832. The molecule has 10 heteroatoms. The minimum Gasteiger partial charge on any atom is -0.507 e. The molecule has 2 aromatic heterocycles. The Morgan fingerprint density at radius 2 is 1.74 bits per heavy atom. The number of thiophene rings is 1. The van der Waals surface area contributed by atoms with Crippen molar-refractivity contribution in [2.45, 2.75) is 29.7 Å². The third-order valence-electron chi connectivity index (χ3n) is 7.71. The van der Waals surface area contributed by atoms with Crippen LogP contribution in [0.1, 0.15) is 33.2 Å². The first-order valence-electron chi connectivity index (χ1n) is 14.5. The summed E-state index contributed by atoms with van der Waals surface area (Å²) in [5, 5.41) is 24.7. The lowest BCUT2D eigenvalue weighted by Crippen LogP contribution is -2.29. The number of rotatable bonds is 9. The summed E-state index contributed by atoms with van der Waals surface area (Å²) in [4.78, 5) is 29.2. The smallest absolute Gasteiger partial charge is 0.301 e. The molecule has 1 amide bonds. The van der Waals surface area contributed by atoms with Gasteiger partial charge in [0.25, 0.3) is 5.78 Å². The fourth-order valence-corrected chi connectivity index (χ4v) is 8.19. The van der Waals surface area contributed by atoms with E-state index in [4.69, 9.17) is 4.74 Å². The lowest BCUT2D eigenvalue weighted by molar-refractivity contribution is -0.132. The van der Waals surface area contributed by atoms with Crippen LogP contribution in [0.2, 0.25) is 0 Å². The number of benzene rings is 4. The van der Waals surface area contributed by atoms with Gasteiger partial charge in [-0.15, -0.1) is 21.5 Å². The molecule has 7 nitrogen and oxygen atoms in total. The molecule has 7 rings (SSSR count). The molecule has 1 aliphatic heterocycles. The molecule has 0 aliphatic carbocycles. The zero-order valence-electron chi connectivity index (χ0n) is 24.6. The Kier molecular flexibility index (Phi) is 8.40. The molecule has 0 spiro atoms. The monoisotopic (exact) mass is 661 g/mol. The maximum absolute atomic E-state index is 13.5. The lowest BCUT2D eigenvalue weighted by atomic mass is 10.00. The normalized spacial score (nSPS) is 15.9. The minimum absolute atomic E-state index is 0.0148. The predicted octanol–water partition coefficient (Wildman–Crippen LogP) is 8.56. The van der Waals surface area contributed by atoms with Crippen LogP contribution in [0.25, 0.3) is 16.5 Å². The average molecular weight is 662 g/mol. The Labute approximate surface area is 277 Å². The van der Waals surface area contributed by atoms with E-state index in [-0.39, 0.29) is 11.3 Å². The highest BCUT2D eigenvalue weighted by Gasteiger charge is 2.48. The molecule has 3 heterocycles. The second-order valence-corrected chi connectivity index (χ2v) is 13.9. The Bertz CT molecular complexity index is 2080. The van der Waals surface area contributed by atoms with Crippen molar-refractivity contribution >= 4 is 67.8 Å². The number of Topliss-reactive ketones (excluding diaryl/α,β-unsaturated/α-hetero) is 1. The molecule has 1 aliphatic rings. The molecule has 1 N–H and O–H groups in total. The van der Waals surface area contributed by atoms with E-state index in [0.717, 1.165) is 16.0 Å². The molecule has 1 fully saturated rings. The number of aliphatic hydroxyl groups is 1. The van der Waals surface area contributed by atoms with Crippen LogP contribution in [0.5, 0.6) is 5.75 Å². The van der Waals surface area contributed by atoms with Crippen molar-refractivity contribution < 1.29 is 19.4 Å². The van der Waals surface area contributed by atoms with Crippen molar-refractivity contribution in [2.75, 3.05) is 4.90 Å². The number of hydrogen-bond acceptors (Lipinski definition) is 9. The van der Waals surface area contributed by atoms with Crippen molar-refractivity contribution in [1.29, 1.82) is 0 Å². The number of aryl methyl sites for hydroxylation is 1. The van der Waals surface area contributed by atoms with Gasteiger partial charge in [0, 0.05) is 16.2 Å². The summed E-state index contributed by atoms with van der Waals surface area (Å²) in [6.07, 6.45) is 0. The van der Waals surface area contributed by atoms with E-state index in [0.29, 0.717) is 33.1 Å². The number of fused-ring (bicyclic) bond motifs is 1. The van der Waals surface area contributed by atoms with Crippen LogP contribution in [-0.2, 0) is 21.9 Å². The zero-order valence-corrected chi connectivity index (χ0v) is 27.1. The number of aromatic nitrogens is 2. The van der Waals surface area contributed by atoms with Crippen molar-refractivity contribution in [1.82, 2.24) is 10.2 Å². The fraction of sp³-hybridized carbons (Fsp3) is 0.111. The van der Waals surface area contributed by atoms with E-state index in [9.17, 15) is 14.7 Å². The summed E-state index contributed by atoms with van der Waals surface area (Å²) in [7, 11) is 0. The zero-order chi connectivity index (χ0) is 31.6. The van der Waals surface area contributed by atoms with Gasteiger partial charge in [-0.2, -0.15) is 0 Å². The molecule has 228 valence electrons. The van der Waals surface area contributed by atoms with Gasteiger partial charge in [0.2, 0.25) is 5.13 Å². The van der Waals surface area contributed by atoms with Crippen LogP contribution < -0.4 is 9.64 Å². The molecule has 4 aromatic carbocycles. The Hall–Kier alpha value is -4.77. The first-order chi connectivity index (χ1) is 22.5. The third-order valence-corrected chi connectivity index (χ3v) is 10.7. The van der Waals surface area contributed by atoms with Gasteiger partial charge in [-0.1, -0.05) is 101 Å². The Morgan fingerprint density at radius 1 is 0.935 bits per heavy atom. The topological polar surface area (TPSA) is 92.6 Å². The van der Waals surface area contributed by atoms with E-state index >= 15 is 0 Å². The molecule has 6 aromatic rings. The van der Waals surface area contributed by atoms with Gasteiger partial charge in [-0.3, -0.25) is 14.5 Å². The molecule has 46 heavy (non-hydrogen) atoms. The highest BCUT2D eigenvalue weighted by Crippen LogP contribution is 2.45. The number of anilines is 1. The molecule has 0 bridgehead atoms. The predicted molar refractivity (Wildman–Crippen MR) is 184 cm³/mol. The van der Waals surface area contributed by atoms with Gasteiger partial charge in [0.05, 0.1) is 5.57 Å². The molecule has 1 saturated heterocycles. The van der Waals surface area contributed by atoms with Crippen molar-refractivity contribution in [3.8, 4) is 5.75 Å². The summed E-state index contributed by atoms with van der Waals surface area (Å²) in [5.74, 6) is -0.473. The van der Waals surface area contributed by atoms with Gasteiger partial charge < -0.3 is 9.84 Å². The quantitative estimate of drug-likeness (QED) is 0.0546. The highest BCUT2D eigenvalue weighted by atomic mass is 32.2. The second-order valence-electron chi connectivity index (χ2n) is 10.8. The summed E-state index contributed by atoms with van der Waals surface area (Å²) in [5.41, 5.74) is 3.80. The van der Waals surface area contributed by atoms with E-state index < -0.39 is 17.7 Å². The van der Waals surface area contributed by atoms with Crippen LogP contribution in [0.4, 0.5) is 5.13 Å². The van der Waals surface area contributed by atoms with Gasteiger partial charge in [-0.05, 0) is 64.5 Å². The van der Waals surface area contributed by atoms with E-state index in [2.05, 4.69) is 40.5 Å². The number of aliphatic hydroxyl groups excluding tert-OH is 1. The summed E-state index contributed by atoms with van der Waals surface area (Å²) >= 11 is 4.19. The summed E-state index contributed by atoms with van der Waals surface area (Å²) in [6.45, 7) is 2.44. The van der Waals surface area contributed by atoms with Crippen molar-refractivity contribution in [3.63, 3.8) is 0 Å². The standard InChI is InChI=1S/C36H27N3O4S3/c1-22-7-4-8-23(19-22)20-43-27-16-14-25(15-17-27)32(40)30-31(29-13-6-18-44-29)39(34(42)33(30)41)35-37-38-36(46-35)45-21-26-11-5-10-24-9-2-3-12-28(24)26/h2-19,31,40H,20-21H2,1H3. The van der Waals surface area contributed by atoms with Crippen LogP contribution >= 0.6 is 34.4 Å². The summed E-state index contributed by atoms with van der Waals surface area (Å²) in [6, 6.07) is 32.3. The van der Waals surface area contributed by atoms with Gasteiger partial charge >= 0.3 is 5.91 Å². The van der Waals surface area contributed by atoms with E-state index in [1.807, 2.05) is 60.8 Å². The van der Waals surface area contributed by atoms with Crippen LogP contribution in [0.3, 0.4) is 0 Å². The number of ether oxygens (including phenoxy) is 1. The maximum Gasteiger partial charge on any atom is 0.301 e. The molecule has 0 saturated carbocycles. The van der Waals surface area contributed by atoms with Crippen molar-refractivity contribution in [3.05, 3.63) is 141 Å². The third kappa shape index (κ3) is 5.94. The van der Waals surface area contributed by atoms with Gasteiger partial charge in [0.15, 0.2) is 4.34 Å². The molecular formula is C36H27N3O4S3. The van der Waals surface area contributed by atoms with E-state index in [1.54, 1.807) is 24.3 Å². The molecule has 1 unspecified atom stereocenters. The molecular weight excluding hydrogens is 635 g/mol. The number of amides is 1. The lowest BCUT2D eigenvalue weighted by Gasteiger charge is -2.20.